The van der Waals surface area contributed by atoms with E-state index in [2.05, 4.69) is 5.32 Å². The van der Waals surface area contributed by atoms with Crippen molar-refractivity contribution in [3.05, 3.63) is 35.4 Å². The average Bonchev–Trinajstić information content (AvgIpc) is 2.61. The molecular weight excluding hydrogens is 338 g/mol. The molecule has 1 aliphatic rings. The fourth-order valence-corrected chi connectivity index (χ4v) is 3.23. The average molecular weight is 368 g/mol. The van der Waals surface area contributed by atoms with Crippen molar-refractivity contribution in [1.82, 2.24) is 10.2 Å². The Morgan fingerprint density at radius 3 is 2.16 bits per heavy atom. The van der Waals surface area contributed by atoms with Crippen LogP contribution >= 0.6 is 12.4 Å². The van der Waals surface area contributed by atoms with Gasteiger partial charge in [-0.2, -0.15) is 0 Å². The van der Waals surface area contributed by atoms with Crippen LogP contribution in [0.3, 0.4) is 0 Å². The van der Waals surface area contributed by atoms with Crippen molar-refractivity contribution >= 4 is 24.2 Å². The monoisotopic (exact) mass is 367 g/mol. The van der Waals surface area contributed by atoms with Gasteiger partial charge in [-0.3, -0.25) is 9.59 Å². The Balaban J connectivity index is 0.00000312. The van der Waals surface area contributed by atoms with Crippen LogP contribution in [-0.4, -0.2) is 35.3 Å². The van der Waals surface area contributed by atoms with Crippen LogP contribution in [-0.2, 0) is 11.3 Å². The summed E-state index contributed by atoms with van der Waals surface area (Å²) in [7, 11) is 0. The number of rotatable bonds is 6. The summed E-state index contributed by atoms with van der Waals surface area (Å²) < 4.78 is 0. The lowest BCUT2D eigenvalue weighted by Crippen LogP contribution is -2.54. The molecule has 0 aliphatic heterocycles. The molecule has 1 saturated carbocycles. The van der Waals surface area contributed by atoms with Crippen LogP contribution < -0.4 is 11.1 Å². The fourth-order valence-electron chi connectivity index (χ4n) is 3.23. The number of amides is 2. The van der Waals surface area contributed by atoms with Crippen molar-refractivity contribution in [3.8, 4) is 0 Å². The molecule has 0 unspecified atom stereocenters. The maximum atomic E-state index is 12.3. The van der Waals surface area contributed by atoms with Gasteiger partial charge < -0.3 is 16.0 Å². The molecule has 140 valence electrons. The van der Waals surface area contributed by atoms with Crippen molar-refractivity contribution in [3.63, 3.8) is 0 Å². The van der Waals surface area contributed by atoms with Gasteiger partial charge in [0.2, 0.25) is 5.91 Å². The third kappa shape index (κ3) is 5.44. The Morgan fingerprint density at radius 1 is 1.08 bits per heavy atom. The predicted molar refractivity (Wildman–Crippen MR) is 103 cm³/mol. The molecule has 2 amide bonds. The summed E-state index contributed by atoms with van der Waals surface area (Å²) in [5.41, 5.74) is 7.17. The van der Waals surface area contributed by atoms with Crippen LogP contribution in [0, 0.1) is 0 Å². The molecular formula is C19H30ClN3O2. The molecule has 6 heteroatoms. The van der Waals surface area contributed by atoms with Crippen LogP contribution in [0.1, 0.15) is 61.9 Å². The van der Waals surface area contributed by atoms with Gasteiger partial charge in [0, 0.05) is 25.2 Å². The zero-order valence-corrected chi connectivity index (χ0v) is 16.0. The summed E-state index contributed by atoms with van der Waals surface area (Å²) in [5.74, 6) is -0.0239. The maximum Gasteiger partial charge on any atom is 0.253 e. The lowest BCUT2D eigenvalue weighted by atomic mass is 9.82. The van der Waals surface area contributed by atoms with E-state index in [0.29, 0.717) is 25.2 Å². The summed E-state index contributed by atoms with van der Waals surface area (Å²) >= 11 is 0. The molecule has 3 N–H and O–H groups in total. The lowest BCUT2D eigenvalue weighted by Gasteiger charge is -2.31. The first kappa shape index (κ1) is 21.5. The third-order valence-corrected chi connectivity index (χ3v) is 4.90. The number of halogens is 1. The number of hydrogen-bond acceptors (Lipinski definition) is 3. The van der Waals surface area contributed by atoms with Crippen LogP contribution in [0.4, 0.5) is 0 Å². The van der Waals surface area contributed by atoms with Crippen LogP contribution in [0.15, 0.2) is 24.3 Å². The van der Waals surface area contributed by atoms with Crippen molar-refractivity contribution < 1.29 is 9.59 Å². The van der Waals surface area contributed by atoms with Gasteiger partial charge in [-0.05, 0) is 44.4 Å². The Morgan fingerprint density at radius 2 is 1.64 bits per heavy atom. The smallest absolute Gasteiger partial charge is 0.253 e. The molecule has 0 atom stereocenters. The van der Waals surface area contributed by atoms with E-state index >= 15 is 0 Å². The molecule has 0 saturated heterocycles. The first-order valence-corrected chi connectivity index (χ1v) is 8.95. The first-order chi connectivity index (χ1) is 11.5. The number of hydrogen-bond donors (Lipinski definition) is 2. The SMILES string of the molecule is CCN(CC)C(=O)c1ccc(CNC(=O)C2(N)CCCCC2)cc1.Cl. The van der Waals surface area contributed by atoms with E-state index in [0.717, 1.165) is 37.7 Å². The Bertz CT molecular complexity index is 565. The number of carbonyl (C=O) groups excluding carboxylic acids is 2. The quantitative estimate of drug-likeness (QED) is 0.811. The standard InChI is InChI=1S/C19H29N3O2.ClH/c1-3-22(4-2)17(23)16-10-8-15(9-11-16)14-21-18(24)19(20)12-6-5-7-13-19;/h8-11H,3-7,12-14,20H2,1-2H3,(H,21,24);1H. The first-order valence-electron chi connectivity index (χ1n) is 8.95. The van der Waals surface area contributed by atoms with Crippen LogP contribution in [0.2, 0.25) is 0 Å². The Kier molecular flexibility index (Phi) is 8.39. The second kappa shape index (κ2) is 9.78. The second-order valence-electron chi connectivity index (χ2n) is 6.57. The van der Waals surface area contributed by atoms with Gasteiger partial charge in [0.1, 0.15) is 0 Å². The molecule has 1 fully saturated rings. The maximum absolute atomic E-state index is 12.3. The topological polar surface area (TPSA) is 75.4 Å². The third-order valence-electron chi connectivity index (χ3n) is 4.90. The zero-order valence-electron chi connectivity index (χ0n) is 15.2. The highest BCUT2D eigenvalue weighted by molar-refractivity contribution is 5.94. The van der Waals surface area contributed by atoms with Gasteiger partial charge in [-0.15, -0.1) is 12.4 Å². The molecule has 1 aromatic rings. The van der Waals surface area contributed by atoms with Gasteiger partial charge in [0.05, 0.1) is 5.54 Å². The minimum absolute atomic E-state index is 0. The van der Waals surface area contributed by atoms with Crippen molar-refractivity contribution in [2.24, 2.45) is 5.73 Å². The lowest BCUT2D eigenvalue weighted by molar-refractivity contribution is -0.127. The van der Waals surface area contributed by atoms with E-state index in [9.17, 15) is 9.59 Å². The van der Waals surface area contributed by atoms with Crippen molar-refractivity contribution in [1.29, 1.82) is 0 Å². The summed E-state index contributed by atoms with van der Waals surface area (Å²) in [5, 5.41) is 2.94. The van der Waals surface area contributed by atoms with Crippen LogP contribution in [0.5, 0.6) is 0 Å². The molecule has 0 spiro atoms. The minimum Gasteiger partial charge on any atom is -0.350 e. The zero-order chi connectivity index (χ0) is 17.6. The number of nitrogens with two attached hydrogens (primary N) is 1. The second-order valence-corrected chi connectivity index (χ2v) is 6.57. The highest BCUT2D eigenvalue weighted by Gasteiger charge is 2.34. The van der Waals surface area contributed by atoms with Gasteiger partial charge in [-0.25, -0.2) is 0 Å². The normalized spacial score (nSPS) is 15.8. The fraction of sp³-hybridized carbons (Fsp3) is 0.579. The van der Waals surface area contributed by atoms with Crippen LogP contribution in [0.25, 0.3) is 0 Å². The summed E-state index contributed by atoms with van der Waals surface area (Å²) in [4.78, 5) is 26.4. The molecule has 0 radical (unpaired) electrons. The highest BCUT2D eigenvalue weighted by Crippen LogP contribution is 2.26. The predicted octanol–water partition coefficient (Wildman–Crippen LogP) is 2.87. The Hall–Kier alpha value is -1.59. The van der Waals surface area contributed by atoms with Crippen molar-refractivity contribution in [2.75, 3.05) is 13.1 Å². The molecule has 5 nitrogen and oxygen atoms in total. The van der Waals surface area contributed by atoms with E-state index < -0.39 is 5.54 Å². The molecule has 25 heavy (non-hydrogen) atoms. The van der Waals surface area contributed by atoms with E-state index in [1.165, 1.54) is 0 Å². The van der Waals surface area contributed by atoms with Gasteiger partial charge in [-0.1, -0.05) is 31.4 Å². The van der Waals surface area contributed by atoms with Crippen molar-refractivity contribution in [2.45, 2.75) is 58.0 Å². The van der Waals surface area contributed by atoms with Gasteiger partial charge in [0.25, 0.3) is 5.91 Å². The molecule has 1 aliphatic carbocycles. The van der Waals surface area contributed by atoms with E-state index in [4.69, 9.17) is 5.73 Å². The summed E-state index contributed by atoms with van der Waals surface area (Å²) in [6, 6.07) is 7.42. The van der Waals surface area contributed by atoms with Gasteiger partial charge >= 0.3 is 0 Å². The number of nitrogens with one attached hydrogen (secondary N) is 1. The minimum atomic E-state index is -0.711. The number of nitrogens with zero attached hydrogens (tertiary/aromatic N) is 1. The van der Waals surface area contributed by atoms with E-state index in [-0.39, 0.29) is 24.2 Å². The molecule has 2 rings (SSSR count). The molecule has 0 bridgehead atoms. The summed E-state index contributed by atoms with van der Waals surface area (Å²) in [6.07, 6.45) is 4.72. The van der Waals surface area contributed by atoms with E-state index in [1.54, 1.807) is 4.90 Å². The molecule has 0 aromatic heterocycles. The summed E-state index contributed by atoms with van der Waals surface area (Å²) in [6.45, 7) is 5.79. The highest BCUT2D eigenvalue weighted by atomic mass is 35.5. The Labute approximate surface area is 156 Å². The largest absolute Gasteiger partial charge is 0.350 e. The number of benzene rings is 1. The molecule has 0 heterocycles. The number of carbonyl (C=O) groups is 2. The molecule has 1 aromatic carbocycles. The van der Waals surface area contributed by atoms with Gasteiger partial charge in [0.15, 0.2) is 0 Å². The van der Waals surface area contributed by atoms with E-state index in [1.807, 2.05) is 38.1 Å².